The monoisotopic (exact) mass is 382 g/mol. The van der Waals surface area contributed by atoms with Gasteiger partial charge in [0.15, 0.2) is 0 Å². The Labute approximate surface area is 162 Å². The molecule has 1 atom stereocenters. The first kappa shape index (κ1) is 19.5. The van der Waals surface area contributed by atoms with E-state index in [1.165, 1.54) is 24.3 Å². The van der Waals surface area contributed by atoms with Gasteiger partial charge in [-0.1, -0.05) is 12.1 Å². The van der Waals surface area contributed by atoms with Crippen molar-refractivity contribution in [3.05, 3.63) is 69.8 Å². The zero-order valence-electron chi connectivity index (χ0n) is 15.6. The second kappa shape index (κ2) is 8.62. The average molecular weight is 382 g/mol. The number of benzene rings is 2. The molecule has 1 saturated heterocycles. The van der Waals surface area contributed by atoms with Crippen molar-refractivity contribution < 1.29 is 14.5 Å². The van der Waals surface area contributed by atoms with Crippen LogP contribution in [0.25, 0.3) is 0 Å². The molecule has 3 rings (SSSR count). The van der Waals surface area contributed by atoms with E-state index >= 15 is 0 Å². The van der Waals surface area contributed by atoms with Gasteiger partial charge in [-0.3, -0.25) is 19.7 Å². The molecule has 0 aromatic heterocycles. The summed E-state index contributed by atoms with van der Waals surface area (Å²) in [6, 6.07) is 12.6. The summed E-state index contributed by atoms with van der Waals surface area (Å²) in [5.74, 6) is -0.505. The van der Waals surface area contributed by atoms with E-state index in [4.69, 9.17) is 0 Å². The van der Waals surface area contributed by atoms with E-state index in [0.717, 1.165) is 18.7 Å². The molecular formula is C20H22N4O4. The Hall–Kier alpha value is -3.26. The lowest BCUT2D eigenvalue weighted by Gasteiger charge is -2.30. The Morgan fingerprint density at radius 1 is 1.07 bits per heavy atom. The van der Waals surface area contributed by atoms with E-state index in [2.05, 4.69) is 10.6 Å². The number of hydrogen-bond donors (Lipinski definition) is 2. The van der Waals surface area contributed by atoms with E-state index in [1.807, 2.05) is 24.0 Å². The highest BCUT2D eigenvalue weighted by molar-refractivity contribution is 6.04. The van der Waals surface area contributed by atoms with Crippen molar-refractivity contribution in [2.24, 2.45) is 0 Å². The minimum Gasteiger partial charge on any atom is -0.340 e. The molecule has 1 heterocycles. The second-order valence-electron chi connectivity index (χ2n) is 6.68. The molecule has 8 heteroatoms. The van der Waals surface area contributed by atoms with Crippen LogP contribution in [-0.2, 0) is 4.79 Å². The molecule has 0 bridgehead atoms. The van der Waals surface area contributed by atoms with Crippen LogP contribution in [0.3, 0.4) is 0 Å². The molecule has 0 aliphatic carbocycles. The fraction of sp³-hybridized carbons (Fsp3) is 0.300. The van der Waals surface area contributed by atoms with Crippen molar-refractivity contribution in [3.8, 4) is 0 Å². The van der Waals surface area contributed by atoms with Crippen LogP contribution < -0.4 is 10.6 Å². The number of nitro groups is 1. The van der Waals surface area contributed by atoms with Crippen molar-refractivity contribution in [3.63, 3.8) is 0 Å². The third-order valence-corrected chi connectivity index (χ3v) is 4.81. The third kappa shape index (κ3) is 4.52. The quantitative estimate of drug-likeness (QED) is 0.610. The molecule has 8 nitrogen and oxygen atoms in total. The van der Waals surface area contributed by atoms with E-state index in [0.29, 0.717) is 24.3 Å². The molecule has 2 amide bonds. The number of carbonyl (C=O) groups excluding carboxylic acids is 2. The Bertz CT molecular complexity index is 859. The Morgan fingerprint density at radius 3 is 2.25 bits per heavy atom. The maximum Gasteiger partial charge on any atom is 0.269 e. The first-order valence-electron chi connectivity index (χ1n) is 9.11. The zero-order chi connectivity index (χ0) is 20.1. The summed E-state index contributed by atoms with van der Waals surface area (Å²) in [7, 11) is 0. The van der Waals surface area contributed by atoms with Crippen LogP contribution >= 0.6 is 0 Å². The lowest BCUT2D eigenvalue weighted by Crippen LogP contribution is -2.47. The van der Waals surface area contributed by atoms with Crippen LogP contribution in [0.15, 0.2) is 48.5 Å². The first-order chi connectivity index (χ1) is 13.5. The van der Waals surface area contributed by atoms with Crippen LogP contribution in [0.4, 0.5) is 11.4 Å². The predicted molar refractivity (Wildman–Crippen MR) is 105 cm³/mol. The van der Waals surface area contributed by atoms with Gasteiger partial charge in [-0.15, -0.1) is 0 Å². The molecule has 28 heavy (non-hydrogen) atoms. The maximum atomic E-state index is 12.6. The topological polar surface area (TPSA) is 105 Å². The highest BCUT2D eigenvalue weighted by atomic mass is 16.6. The maximum absolute atomic E-state index is 12.6. The summed E-state index contributed by atoms with van der Waals surface area (Å²) in [5.41, 5.74) is 1.74. The fourth-order valence-electron chi connectivity index (χ4n) is 3.09. The Balaban J connectivity index is 1.62. The molecule has 1 aliphatic rings. The molecule has 1 fully saturated rings. The molecule has 2 aromatic carbocycles. The zero-order valence-corrected chi connectivity index (χ0v) is 15.6. The highest BCUT2D eigenvalue weighted by Crippen LogP contribution is 2.21. The van der Waals surface area contributed by atoms with Crippen molar-refractivity contribution in [2.45, 2.75) is 12.8 Å². The Morgan fingerprint density at radius 2 is 1.68 bits per heavy atom. The molecule has 2 N–H and O–H groups in total. The molecule has 1 unspecified atom stereocenters. The molecule has 0 saturated carbocycles. The van der Waals surface area contributed by atoms with Gasteiger partial charge >= 0.3 is 0 Å². The largest absolute Gasteiger partial charge is 0.340 e. The highest BCUT2D eigenvalue weighted by Gasteiger charge is 2.23. The fourth-order valence-corrected chi connectivity index (χ4v) is 3.09. The van der Waals surface area contributed by atoms with Crippen LogP contribution in [0.1, 0.15) is 28.8 Å². The van der Waals surface area contributed by atoms with Crippen LogP contribution in [0.5, 0.6) is 0 Å². The molecule has 2 aromatic rings. The molecular weight excluding hydrogens is 360 g/mol. The van der Waals surface area contributed by atoms with E-state index in [1.54, 1.807) is 12.1 Å². The van der Waals surface area contributed by atoms with Gasteiger partial charge in [0, 0.05) is 49.6 Å². The third-order valence-electron chi connectivity index (χ3n) is 4.81. The van der Waals surface area contributed by atoms with Gasteiger partial charge in [-0.05, 0) is 36.8 Å². The Kier molecular flexibility index (Phi) is 6.00. The van der Waals surface area contributed by atoms with Crippen LogP contribution in [-0.4, -0.2) is 47.8 Å². The summed E-state index contributed by atoms with van der Waals surface area (Å²) in [6.45, 7) is 4.94. The number of nitrogens with one attached hydrogen (secondary N) is 2. The average Bonchev–Trinajstić information content (AvgIpc) is 2.74. The summed E-state index contributed by atoms with van der Waals surface area (Å²) in [5, 5.41) is 16.7. The molecule has 146 valence electrons. The van der Waals surface area contributed by atoms with Gasteiger partial charge in [0.05, 0.1) is 10.8 Å². The number of hydrogen-bond acceptors (Lipinski definition) is 5. The van der Waals surface area contributed by atoms with Gasteiger partial charge < -0.3 is 15.5 Å². The summed E-state index contributed by atoms with van der Waals surface area (Å²) in [4.78, 5) is 36.9. The van der Waals surface area contributed by atoms with Gasteiger partial charge in [-0.2, -0.15) is 0 Å². The lowest BCUT2D eigenvalue weighted by molar-refractivity contribution is -0.384. The standard InChI is InChI=1S/C20H22N4O4/c1-14(20(26)23-12-10-21-11-13-23)15-2-6-17(7-3-15)22-19(25)16-4-8-18(9-5-16)24(27)28/h2-9,14,21H,10-13H2,1H3,(H,22,25). The number of carbonyl (C=O) groups is 2. The summed E-state index contributed by atoms with van der Waals surface area (Å²) in [6.07, 6.45) is 0. The van der Waals surface area contributed by atoms with E-state index < -0.39 is 4.92 Å². The van der Waals surface area contributed by atoms with Gasteiger partial charge in [-0.25, -0.2) is 0 Å². The number of rotatable bonds is 5. The number of amides is 2. The van der Waals surface area contributed by atoms with Crippen molar-refractivity contribution in [1.29, 1.82) is 0 Å². The number of anilines is 1. The van der Waals surface area contributed by atoms with Gasteiger partial charge in [0.1, 0.15) is 0 Å². The lowest BCUT2D eigenvalue weighted by atomic mass is 9.99. The predicted octanol–water partition coefficient (Wildman–Crippen LogP) is 2.38. The van der Waals surface area contributed by atoms with Crippen molar-refractivity contribution >= 4 is 23.2 Å². The number of nitro benzene ring substituents is 1. The van der Waals surface area contributed by atoms with E-state index in [9.17, 15) is 19.7 Å². The van der Waals surface area contributed by atoms with Gasteiger partial charge in [0.25, 0.3) is 11.6 Å². The van der Waals surface area contributed by atoms with Crippen LogP contribution in [0, 0.1) is 10.1 Å². The number of nitrogens with zero attached hydrogens (tertiary/aromatic N) is 2. The molecule has 1 aliphatic heterocycles. The summed E-state index contributed by atoms with van der Waals surface area (Å²) >= 11 is 0. The first-order valence-corrected chi connectivity index (χ1v) is 9.11. The second-order valence-corrected chi connectivity index (χ2v) is 6.68. The van der Waals surface area contributed by atoms with E-state index in [-0.39, 0.29) is 23.4 Å². The minimum atomic E-state index is -0.511. The minimum absolute atomic E-state index is 0.0657. The number of piperazine rings is 1. The smallest absolute Gasteiger partial charge is 0.269 e. The number of non-ortho nitro benzene ring substituents is 1. The van der Waals surface area contributed by atoms with Gasteiger partial charge in [0.2, 0.25) is 5.91 Å². The summed E-state index contributed by atoms with van der Waals surface area (Å²) < 4.78 is 0. The SMILES string of the molecule is CC(C(=O)N1CCNCC1)c1ccc(NC(=O)c2ccc([N+](=O)[O-])cc2)cc1. The molecule has 0 spiro atoms. The van der Waals surface area contributed by atoms with Crippen molar-refractivity contribution in [1.82, 2.24) is 10.2 Å². The van der Waals surface area contributed by atoms with Crippen molar-refractivity contribution in [2.75, 3.05) is 31.5 Å². The van der Waals surface area contributed by atoms with Crippen LogP contribution in [0.2, 0.25) is 0 Å². The molecule has 0 radical (unpaired) electrons. The normalized spacial score (nSPS) is 15.0.